The van der Waals surface area contributed by atoms with E-state index in [2.05, 4.69) is 88.2 Å². The average Bonchev–Trinajstić information content (AvgIpc) is 2.04. The summed E-state index contributed by atoms with van der Waals surface area (Å²) in [5, 5.41) is 1.48. The van der Waals surface area contributed by atoms with Crippen molar-refractivity contribution in [2.75, 3.05) is 0 Å². The Morgan fingerprint density at radius 1 is 0.833 bits per heavy atom. The largest absolute Gasteiger partial charge is 0.129 e. The first kappa shape index (κ1) is 17.7. The molecule has 0 fully saturated rings. The molecule has 0 unspecified atom stereocenters. The van der Waals surface area contributed by atoms with Crippen LogP contribution in [0.25, 0.3) is 0 Å². The monoisotopic (exact) mass is 294 g/mol. The summed E-state index contributed by atoms with van der Waals surface area (Å²) >= 11 is 0. The molecular weight excluding hydrogens is 264 g/mol. The van der Waals surface area contributed by atoms with Crippen molar-refractivity contribution in [1.29, 1.82) is 0 Å². The van der Waals surface area contributed by atoms with Gasteiger partial charge in [-0.15, -0.1) is 5.54 Å². The Morgan fingerprint density at radius 2 is 1.33 bits per heavy atom. The van der Waals surface area contributed by atoms with Crippen molar-refractivity contribution >= 4 is 24.2 Å². The fourth-order valence-corrected chi connectivity index (χ4v) is 3.62. The molecule has 0 saturated carbocycles. The zero-order chi connectivity index (χ0) is 14.6. The topological polar surface area (TPSA) is 0 Å². The number of hydrogen-bond donors (Lipinski definition) is 0. The first-order valence-electron chi connectivity index (χ1n) is 6.74. The van der Waals surface area contributed by atoms with E-state index >= 15 is 0 Å². The van der Waals surface area contributed by atoms with Gasteiger partial charge < -0.3 is 0 Å². The molecule has 0 amide bonds. The van der Waals surface area contributed by atoms with E-state index in [4.69, 9.17) is 0 Å². The number of hydrogen-bond acceptors (Lipinski definition) is 0. The smallest absolute Gasteiger partial charge is 0.127 e. The van der Waals surface area contributed by atoms with Gasteiger partial charge in [0.15, 0.2) is 0 Å². The van der Waals surface area contributed by atoms with Crippen molar-refractivity contribution < 1.29 is 0 Å². The van der Waals surface area contributed by atoms with Crippen LogP contribution in [0.4, 0.5) is 0 Å². The van der Waals surface area contributed by atoms with Crippen molar-refractivity contribution in [3.63, 3.8) is 0 Å². The molecule has 0 nitrogen and oxygen atoms in total. The summed E-state index contributed by atoms with van der Waals surface area (Å²) in [6.45, 7) is 21.2. The third kappa shape index (κ3) is 9.69. The molecule has 0 aromatic rings. The zero-order valence-electron chi connectivity index (χ0n) is 13.7. The van der Waals surface area contributed by atoms with Crippen LogP contribution in [0.5, 0.6) is 0 Å². The fourth-order valence-electron chi connectivity index (χ4n) is 1.18. The van der Waals surface area contributed by atoms with Gasteiger partial charge in [-0.1, -0.05) is 81.8 Å². The van der Waals surface area contributed by atoms with Gasteiger partial charge >= 0.3 is 0 Å². The van der Waals surface area contributed by atoms with Gasteiger partial charge in [0.1, 0.15) is 8.07 Å². The molecule has 0 saturated heterocycles. The van der Waals surface area contributed by atoms with Gasteiger partial charge in [0.25, 0.3) is 0 Å². The van der Waals surface area contributed by atoms with Crippen molar-refractivity contribution in [3.05, 3.63) is 23.0 Å². The minimum Gasteiger partial charge on any atom is -0.127 e. The van der Waals surface area contributed by atoms with Gasteiger partial charge in [-0.25, -0.2) is 0 Å². The SMILES string of the molecule is C[Si](C)(C)C#C/C=C(\C=C\[Si](C)(C)C)[Si](C)(C)C. The third-order valence-corrected chi connectivity index (χ3v) is 6.41. The van der Waals surface area contributed by atoms with Crippen molar-refractivity contribution in [2.24, 2.45) is 0 Å². The Labute approximate surface area is 118 Å². The molecule has 0 bridgehead atoms. The predicted molar refractivity (Wildman–Crippen MR) is 95.0 cm³/mol. The molecule has 0 aliphatic carbocycles. The van der Waals surface area contributed by atoms with E-state index in [9.17, 15) is 0 Å². The fraction of sp³-hybridized carbons (Fsp3) is 0.600. The van der Waals surface area contributed by atoms with Gasteiger partial charge in [0, 0.05) is 0 Å². The molecule has 0 N–H and O–H groups in total. The van der Waals surface area contributed by atoms with Crippen LogP contribution in [0.15, 0.2) is 23.0 Å². The second kappa shape index (κ2) is 6.23. The minimum atomic E-state index is -1.27. The summed E-state index contributed by atoms with van der Waals surface area (Å²) in [6, 6.07) is 0. The quantitative estimate of drug-likeness (QED) is 0.386. The zero-order valence-corrected chi connectivity index (χ0v) is 16.7. The molecule has 18 heavy (non-hydrogen) atoms. The van der Waals surface area contributed by atoms with E-state index < -0.39 is 24.2 Å². The highest BCUT2D eigenvalue weighted by atomic mass is 28.3. The van der Waals surface area contributed by atoms with Crippen molar-refractivity contribution in [3.8, 4) is 11.5 Å². The maximum absolute atomic E-state index is 3.43. The summed E-state index contributed by atoms with van der Waals surface area (Å²) in [7, 11) is -3.64. The van der Waals surface area contributed by atoms with Crippen molar-refractivity contribution in [1.82, 2.24) is 0 Å². The van der Waals surface area contributed by atoms with Gasteiger partial charge in [0.2, 0.25) is 0 Å². The summed E-state index contributed by atoms with van der Waals surface area (Å²) in [6.07, 6.45) is 4.54. The molecule has 0 aliphatic heterocycles. The highest BCUT2D eigenvalue weighted by Crippen LogP contribution is 2.17. The summed E-state index contributed by atoms with van der Waals surface area (Å²) < 4.78 is 0. The van der Waals surface area contributed by atoms with Gasteiger partial charge in [0.05, 0.1) is 16.1 Å². The van der Waals surface area contributed by atoms with Gasteiger partial charge in [-0.05, 0) is 6.08 Å². The standard InChI is InChI=1S/C15H30Si3/c1-16(2,3)13-10-11-15(18(7,8)9)12-14-17(4,5)6/h11-12,14H,1-9H3/b14-12+,15-11+. The minimum absolute atomic E-state index is 1.11. The average molecular weight is 295 g/mol. The molecule has 0 atom stereocenters. The number of allylic oxidation sites excluding steroid dienone is 3. The van der Waals surface area contributed by atoms with E-state index in [-0.39, 0.29) is 0 Å². The predicted octanol–water partition coefficient (Wildman–Crippen LogP) is 5.10. The molecule has 0 aliphatic rings. The van der Waals surface area contributed by atoms with E-state index in [1.807, 2.05) is 0 Å². The maximum atomic E-state index is 3.43. The Kier molecular flexibility index (Phi) is 6.12. The maximum Gasteiger partial charge on any atom is 0.129 e. The highest BCUT2D eigenvalue weighted by Gasteiger charge is 2.18. The van der Waals surface area contributed by atoms with Crippen LogP contribution in [0.3, 0.4) is 0 Å². The Hall–Kier alpha value is -0.309. The molecule has 0 aromatic carbocycles. The molecule has 0 spiro atoms. The lowest BCUT2D eigenvalue weighted by Gasteiger charge is -2.18. The molecule has 102 valence electrons. The lowest BCUT2D eigenvalue weighted by Crippen LogP contribution is -2.24. The second-order valence-electron chi connectivity index (χ2n) is 8.07. The summed E-state index contributed by atoms with van der Waals surface area (Å²) in [5.74, 6) is 3.32. The van der Waals surface area contributed by atoms with Crippen LogP contribution in [-0.2, 0) is 0 Å². The number of rotatable bonds is 3. The molecule has 0 rings (SSSR count). The van der Waals surface area contributed by atoms with Crippen molar-refractivity contribution in [2.45, 2.75) is 58.9 Å². The van der Waals surface area contributed by atoms with E-state index in [0.717, 1.165) is 0 Å². The van der Waals surface area contributed by atoms with Crippen LogP contribution in [0.1, 0.15) is 0 Å². The first-order chi connectivity index (χ1) is 7.81. The van der Waals surface area contributed by atoms with Crippen LogP contribution >= 0.6 is 0 Å². The molecule has 0 heterocycles. The van der Waals surface area contributed by atoms with Gasteiger partial charge in [-0.2, -0.15) is 0 Å². The molecule has 0 radical (unpaired) electrons. The molecule has 3 heteroatoms. The molecular formula is C15H30Si3. The summed E-state index contributed by atoms with van der Waals surface area (Å²) in [5.41, 5.74) is 5.87. The Bertz CT molecular complexity index is 385. The van der Waals surface area contributed by atoms with Gasteiger partial charge in [-0.3, -0.25) is 0 Å². The Morgan fingerprint density at radius 3 is 1.67 bits per heavy atom. The molecule has 0 aromatic heterocycles. The summed E-state index contributed by atoms with van der Waals surface area (Å²) in [4.78, 5) is 0. The van der Waals surface area contributed by atoms with E-state index in [1.54, 1.807) is 0 Å². The first-order valence-corrected chi connectivity index (χ1v) is 17.3. The second-order valence-corrected chi connectivity index (χ2v) is 23.0. The highest BCUT2D eigenvalue weighted by molar-refractivity contribution is 6.85. The normalized spacial score (nSPS) is 14.6. The van der Waals surface area contributed by atoms with E-state index in [1.165, 1.54) is 5.20 Å². The third-order valence-electron chi connectivity index (χ3n) is 2.30. The Balaban J connectivity index is 5.21. The van der Waals surface area contributed by atoms with Crippen LogP contribution in [0, 0.1) is 11.5 Å². The van der Waals surface area contributed by atoms with Crippen LogP contribution < -0.4 is 0 Å². The van der Waals surface area contributed by atoms with E-state index in [0.29, 0.717) is 0 Å². The lowest BCUT2D eigenvalue weighted by molar-refractivity contribution is 1.64. The van der Waals surface area contributed by atoms with Crippen LogP contribution in [0.2, 0.25) is 58.9 Å². The van der Waals surface area contributed by atoms with Crippen LogP contribution in [-0.4, -0.2) is 24.2 Å². The lowest BCUT2D eigenvalue weighted by atomic mass is 10.5.